The van der Waals surface area contributed by atoms with Crippen molar-refractivity contribution in [1.82, 2.24) is 13.7 Å². The lowest BCUT2D eigenvalue weighted by Gasteiger charge is -2.12. The average molecular weight is 1540 g/mol. The molecule has 558 valence electrons. The zero-order chi connectivity index (χ0) is 78.6. The third-order valence-corrected chi connectivity index (χ3v) is 26.3. The maximum absolute atomic E-state index is 6.41. The maximum atomic E-state index is 6.41. The summed E-state index contributed by atoms with van der Waals surface area (Å²) in [7, 11) is 0. The molecule has 21 aromatic carbocycles. The van der Waals surface area contributed by atoms with Gasteiger partial charge in [-0.2, -0.15) is 0 Å². The van der Waals surface area contributed by atoms with Crippen molar-refractivity contribution in [2.75, 3.05) is 0 Å². The zero-order valence-electron chi connectivity index (χ0n) is 64.9. The van der Waals surface area contributed by atoms with Crippen molar-refractivity contribution in [2.24, 2.45) is 0 Å². The molecule has 0 aliphatic rings. The summed E-state index contributed by atoms with van der Waals surface area (Å²) >= 11 is 1.89. The molecule has 6 aromatic heterocycles. The molecule has 0 N–H and O–H groups in total. The van der Waals surface area contributed by atoms with Crippen molar-refractivity contribution >= 4 is 205 Å². The van der Waals surface area contributed by atoms with E-state index in [1.165, 1.54) is 178 Å². The molecule has 0 saturated heterocycles. The summed E-state index contributed by atoms with van der Waals surface area (Å²) in [6, 6.07) is 151. The van der Waals surface area contributed by atoms with Gasteiger partial charge in [-0.3, -0.25) is 0 Å². The van der Waals surface area contributed by atoms with Gasteiger partial charge in [0.15, 0.2) is 0 Å². The van der Waals surface area contributed by atoms with Crippen LogP contribution in [0.15, 0.2) is 427 Å². The van der Waals surface area contributed by atoms with E-state index in [0.29, 0.717) is 0 Å². The van der Waals surface area contributed by atoms with Gasteiger partial charge in [0.2, 0.25) is 0 Å². The van der Waals surface area contributed by atoms with Crippen LogP contribution in [0.2, 0.25) is 0 Å². The summed E-state index contributed by atoms with van der Waals surface area (Å²) in [5.41, 5.74) is 21.6. The van der Waals surface area contributed by atoms with Gasteiger partial charge < -0.3 is 22.5 Å². The second-order valence-corrected chi connectivity index (χ2v) is 32.6. The van der Waals surface area contributed by atoms with Gasteiger partial charge in [-0.15, -0.1) is 11.3 Å². The Balaban J connectivity index is 0.0000000997. The van der Waals surface area contributed by atoms with E-state index in [1.54, 1.807) is 0 Å². The number of hydrogen-bond donors (Lipinski definition) is 0. The highest BCUT2D eigenvalue weighted by Crippen LogP contribution is 2.48. The highest BCUT2D eigenvalue weighted by Gasteiger charge is 2.24. The smallest absolute Gasteiger partial charge is 0.143 e. The molecule has 0 atom stereocenters. The average Bonchev–Trinajstić information content (AvgIpc) is 1.57. The van der Waals surface area contributed by atoms with E-state index in [4.69, 9.17) is 8.83 Å². The number of nitrogens with zero attached hydrogens (tertiary/aromatic N) is 3. The number of rotatable bonds is 6. The van der Waals surface area contributed by atoms with Gasteiger partial charge in [0.1, 0.15) is 22.3 Å². The van der Waals surface area contributed by atoms with Crippen LogP contribution in [0, 0.1) is 0 Å². The number of hydrogen-bond acceptors (Lipinski definition) is 3. The number of fused-ring (bicyclic) bond motifs is 30. The van der Waals surface area contributed by atoms with Crippen molar-refractivity contribution < 1.29 is 8.83 Å². The minimum atomic E-state index is 0.916. The van der Waals surface area contributed by atoms with Gasteiger partial charge in [-0.1, -0.05) is 328 Å². The van der Waals surface area contributed by atoms with Crippen molar-refractivity contribution in [3.05, 3.63) is 419 Å². The van der Waals surface area contributed by atoms with E-state index in [1.807, 2.05) is 35.6 Å². The van der Waals surface area contributed by atoms with Crippen molar-refractivity contribution in [2.45, 2.75) is 0 Å². The molecule has 0 fully saturated rings. The minimum Gasteiger partial charge on any atom is -0.456 e. The van der Waals surface area contributed by atoms with E-state index in [-0.39, 0.29) is 0 Å². The molecule has 0 unspecified atom stereocenters. The van der Waals surface area contributed by atoms with Gasteiger partial charge in [-0.25, -0.2) is 0 Å². The summed E-state index contributed by atoms with van der Waals surface area (Å²) in [4.78, 5) is 0. The van der Waals surface area contributed by atoms with Crippen molar-refractivity contribution in [3.63, 3.8) is 0 Å². The monoisotopic (exact) mass is 1540 g/mol. The van der Waals surface area contributed by atoms with Crippen LogP contribution in [0.25, 0.3) is 245 Å². The molecule has 0 saturated carbocycles. The molecule has 5 nitrogen and oxygen atoms in total. The van der Waals surface area contributed by atoms with Crippen LogP contribution in [-0.2, 0) is 0 Å². The fourth-order valence-electron chi connectivity index (χ4n) is 19.8. The van der Waals surface area contributed by atoms with Crippen LogP contribution in [0.4, 0.5) is 0 Å². The van der Waals surface area contributed by atoms with Gasteiger partial charge in [0.25, 0.3) is 0 Å². The fraction of sp³-hybridized carbons (Fsp3) is 0. The van der Waals surface area contributed by atoms with Crippen LogP contribution < -0.4 is 0 Å². The summed E-state index contributed by atoms with van der Waals surface area (Å²) in [6.45, 7) is 0. The van der Waals surface area contributed by atoms with E-state index < -0.39 is 0 Å². The first-order chi connectivity index (χ1) is 59.5. The molecule has 6 heterocycles. The van der Waals surface area contributed by atoms with Gasteiger partial charge in [-0.05, 0) is 178 Å². The molecule has 0 aliphatic heterocycles. The number of para-hydroxylation sites is 3. The van der Waals surface area contributed by atoms with Gasteiger partial charge >= 0.3 is 0 Å². The molecule has 27 rings (SSSR count). The highest BCUT2D eigenvalue weighted by molar-refractivity contribution is 7.26. The van der Waals surface area contributed by atoms with Gasteiger partial charge in [0, 0.05) is 102 Å². The molecular weight excluding hydrogens is 1480 g/mol. The second kappa shape index (κ2) is 27.0. The second-order valence-electron chi connectivity index (χ2n) is 31.6. The van der Waals surface area contributed by atoms with Crippen molar-refractivity contribution in [1.29, 1.82) is 0 Å². The molecular formula is C114H69N3O2S. The lowest BCUT2D eigenvalue weighted by atomic mass is 9.99. The number of furan rings is 2. The lowest BCUT2D eigenvalue weighted by Crippen LogP contribution is -1.95. The largest absolute Gasteiger partial charge is 0.456 e. The Morgan fingerprint density at radius 1 is 0.192 bits per heavy atom. The maximum Gasteiger partial charge on any atom is 0.143 e. The molecule has 0 spiro atoms. The topological polar surface area (TPSA) is 41.1 Å². The highest BCUT2D eigenvalue weighted by atomic mass is 32.1. The number of aromatic nitrogens is 3. The summed E-state index contributed by atoms with van der Waals surface area (Å²) in [5, 5.41) is 30.4. The van der Waals surface area contributed by atoms with Crippen LogP contribution >= 0.6 is 11.3 Å². The predicted molar refractivity (Wildman–Crippen MR) is 511 cm³/mol. The van der Waals surface area contributed by atoms with E-state index in [2.05, 4.69) is 408 Å². The van der Waals surface area contributed by atoms with E-state index in [0.717, 1.165) is 66.4 Å². The Kier molecular flexibility index (Phi) is 15.2. The van der Waals surface area contributed by atoms with Crippen LogP contribution in [0.3, 0.4) is 0 Å². The molecule has 0 bridgehead atoms. The molecule has 27 aromatic rings. The first kappa shape index (κ1) is 67.7. The summed E-state index contributed by atoms with van der Waals surface area (Å²) < 4.78 is 22.6. The van der Waals surface area contributed by atoms with Crippen LogP contribution in [0.5, 0.6) is 0 Å². The molecule has 0 aliphatic carbocycles. The molecule has 6 heteroatoms. The Morgan fingerprint density at radius 2 is 0.575 bits per heavy atom. The van der Waals surface area contributed by atoms with E-state index in [9.17, 15) is 0 Å². The first-order valence-electron chi connectivity index (χ1n) is 41.1. The standard InChI is InChI=1S/2C38H23NO.C38H23NS/c1-3-13-28-24(9-1)20-22-34-36(28)33-21-19-25-10-2-4-14-29(25)37(33)39(34)27-12-7-11-26(23-27)30-16-8-17-32-31-15-5-6-18-35(31)40-38(30)32;1-3-13-28-24(9-1)19-21-32-37(28)38-29-14-4-2-10-25(29)20-22-33(38)39(32)27-12-7-11-26(23-27)30-16-8-18-35-36(30)31-15-5-6-17-34(31)40-35;1-3-10-28-24(8-1)18-22-33-36(28)37-29-11-4-2-9-25(29)19-23-34(37)39(33)27-20-16-26(17-21-27)30-13-7-14-32-31-12-5-6-15-35(31)40-38(30)32/h3*1-23H. The number of thiophene rings is 1. The predicted octanol–water partition coefficient (Wildman–Crippen LogP) is 32.4. The minimum absolute atomic E-state index is 0.916. The Morgan fingerprint density at radius 3 is 1.14 bits per heavy atom. The summed E-state index contributed by atoms with van der Waals surface area (Å²) in [5.74, 6) is 0. The molecule has 0 radical (unpaired) electrons. The third kappa shape index (κ3) is 10.5. The fourth-order valence-corrected chi connectivity index (χ4v) is 21.1. The lowest BCUT2D eigenvalue weighted by molar-refractivity contribution is 0.669. The SMILES string of the molecule is c1cc(-c2cccc3c2oc2ccccc23)cc(-n2c3ccc4ccccc4c3c3ccc4ccccc4c32)c1.c1cc(-c2cccc3oc4ccccc4c23)cc(-n2c3ccc4ccccc4c3c3c4ccccc4ccc32)c1.c1ccc2c(c1)ccc1c2c2c3ccccc3ccc2n1-c1ccc(-c2cccc3c2sc2ccccc23)cc1. The Labute approximate surface area is 692 Å². The Hall–Kier alpha value is -15.6. The zero-order valence-corrected chi connectivity index (χ0v) is 65.7. The quantitative estimate of drug-likeness (QED) is 0.166. The molecule has 120 heavy (non-hydrogen) atoms. The normalized spacial score (nSPS) is 12.0. The molecule has 0 amide bonds. The van der Waals surface area contributed by atoms with E-state index >= 15 is 0 Å². The Bertz CT molecular complexity index is 8760. The van der Waals surface area contributed by atoms with Crippen molar-refractivity contribution in [3.8, 4) is 50.4 Å². The van der Waals surface area contributed by atoms with Crippen LogP contribution in [0.1, 0.15) is 0 Å². The number of benzene rings is 21. The first-order valence-corrected chi connectivity index (χ1v) is 41.9. The van der Waals surface area contributed by atoms with Gasteiger partial charge in [0.05, 0.1) is 33.1 Å². The summed E-state index contributed by atoms with van der Waals surface area (Å²) in [6.07, 6.45) is 0. The third-order valence-electron chi connectivity index (χ3n) is 25.1. The van der Waals surface area contributed by atoms with Crippen LogP contribution in [-0.4, -0.2) is 13.7 Å².